The number of hydrogen-bond donors (Lipinski definition) is 4. The smallest absolute Gasteiger partial charge is 0.481 e. The number of benzene rings is 1. The molecule has 0 aliphatic rings. The van der Waals surface area contributed by atoms with Gasteiger partial charge in [-0.15, -0.1) is 4.52 Å². The molecule has 10 nitrogen and oxygen atoms in total. The minimum absolute atomic E-state index is 0.0283. The largest absolute Gasteiger partial charge is 0.548 e. The predicted molar refractivity (Wildman–Crippen MR) is 85.0 cm³/mol. The summed E-state index contributed by atoms with van der Waals surface area (Å²) in [7, 11) is -1.92. The maximum Gasteiger partial charge on any atom is 0.548 e. The number of carbonyl (C=O) groups is 1. The quantitative estimate of drug-likeness (QED) is 0.548. The molecule has 1 heterocycles. The van der Waals surface area contributed by atoms with Gasteiger partial charge in [0.25, 0.3) is 0 Å². The van der Waals surface area contributed by atoms with Crippen LogP contribution < -0.4 is 22.5 Å². The number of aliphatic carboxylic acids is 1. The van der Waals surface area contributed by atoms with Gasteiger partial charge in [-0.1, -0.05) is 18.2 Å². The molecule has 23 heavy (non-hydrogen) atoms. The Labute approximate surface area is 132 Å². The van der Waals surface area contributed by atoms with Crippen molar-refractivity contribution in [3.05, 3.63) is 30.3 Å². The standard InChI is InChI=1S/C9H9O4P.C3H6N6/c10-9(11)6-7-13-14(12)8-4-2-1-3-5-8;4-1-7-2(5)9-3(6)8-1/h1-5H,6-7H2;(H6,4,5,6,7,8,9)/p+1. The highest BCUT2D eigenvalue weighted by atomic mass is 31.1. The van der Waals surface area contributed by atoms with Crippen molar-refractivity contribution < 1.29 is 19.0 Å². The van der Waals surface area contributed by atoms with E-state index in [1.807, 2.05) is 6.07 Å². The first-order chi connectivity index (χ1) is 10.9. The lowest BCUT2D eigenvalue weighted by molar-refractivity contribution is -0.137. The van der Waals surface area contributed by atoms with Gasteiger partial charge in [0.15, 0.2) is 0 Å². The molecule has 122 valence electrons. The molecule has 0 bridgehead atoms. The van der Waals surface area contributed by atoms with Crippen molar-refractivity contribution >= 4 is 37.1 Å². The van der Waals surface area contributed by atoms with Crippen LogP contribution in [0.2, 0.25) is 0 Å². The number of aromatic nitrogens is 3. The predicted octanol–water partition coefficient (Wildman–Crippen LogP) is 0.164. The number of rotatable bonds is 5. The number of nitrogen functional groups attached to an aromatic ring is 3. The molecule has 0 spiro atoms. The van der Waals surface area contributed by atoms with E-state index in [2.05, 4.69) is 15.0 Å². The number of hydrogen-bond acceptors (Lipinski definition) is 9. The molecule has 0 saturated carbocycles. The van der Waals surface area contributed by atoms with Crippen molar-refractivity contribution in [1.29, 1.82) is 0 Å². The summed E-state index contributed by atoms with van der Waals surface area (Å²) < 4.78 is 16.2. The Kier molecular flexibility index (Phi) is 7.31. The number of anilines is 3. The third kappa shape index (κ3) is 7.65. The lowest BCUT2D eigenvalue weighted by Gasteiger charge is -1.93. The maximum absolute atomic E-state index is 11.4. The van der Waals surface area contributed by atoms with E-state index in [4.69, 9.17) is 26.8 Å². The first-order valence-electron chi connectivity index (χ1n) is 6.28. The second kappa shape index (κ2) is 9.23. The van der Waals surface area contributed by atoms with Gasteiger partial charge in [-0.05, 0) is 16.7 Å². The highest BCUT2D eigenvalue weighted by Crippen LogP contribution is 2.20. The first-order valence-corrected chi connectivity index (χ1v) is 7.45. The molecule has 0 amide bonds. The molecule has 0 radical (unpaired) electrons. The van der Waals surface area contributed by atoms with Gasteiger partial charge < -0.3 is 22.3 Å². The fraction of sp³-hybridized carbons (Fsp3) is 0.167. The minimum atomic E-state index is -1.92. The summed E-state index contributed by atoms with van der Waals surface area (Å²) in [6, 6.07) is 8.68. The van der Waals surface area contributed by atoms with Crippen LogP contribution in [-0.2, 0) is 13.9 Å². The van der Waals surface area contributed by atoms with Crippen molar-refractivity contribution in [2.24, 2.45) is 0 Å². The van der Waals surface area contributed by atoms with Crippen LogP contribution in [0.15, 0.2) is 30.3 Å². The Hall–Kier alpha value is -2.84. The van der Waals surface area contributed by atoms with E-state index in [9.17, 15) is 9.36 Å². The van der Waals surface area contributed by atoms with E-state index in [0.717, 1.165) is 0 Å². The van der Waals surface area contributed by atoms with Gasteiger partial charge in [-0.2, -0.15) is 15.0 Å². The Morgan fingerprint density at radius 1 is 1.04 bits per heavy atom. The van der Waals surface area contributed by atoms with Gasteiger partial charge in [0.1, 0.15) is 6.61 Å². The van der Waals surface area contributed by atoms with E-state index in [0.29, 0.717) is 5.30 Å². The highest BCUT2D eigenvalue weighted by Gasteiger charge is 2.21. The topological polar surface area (TPSA) is 180 Å². The molecule has 1 aromatic heterocycles. The minimum Gasteiger partial charge on any atom is -0.481 e. The van der Waals surface area contributed by atoms with E-state index >= 15 is 0 Å². The van der Waals surface area contributed by atoms with Gasteiger partial charge in [0.2, 0.25) is 23.1 Å². The Morgan fingerprint density at radius 3 is 1.96 bits per heavy atom. The molecule has 2 rings (SSSR count). The molecule has 0 aliphatic heterocycles. The van der Waals surface area contributed by atoms with Crippen LogP contribution in [0.5, 0.6) is 0 Å². The molecule has 7 N–H and O–H groups in total. The van der Waals surface area contributed by atoms with E-state index in [1.54, 1.807) is 24.3 Å². The van der Waals surface area contributed by atoms with E-state index in [1.165, 1.54) is 0 Å². The van der Waals surface area contributed by atoms with Crippen LogP contribution >= 0.6 is 8.03 Å². The molecule has 1 unspecified atom stereocenters. The van der Waals surface area contributed by atoms with Crippen molar-refractivity contribution in [2.45, 2.75) is 6.42 Å². The summed E-state index contributed by atoms with van der Waals surface area (Å²) in [5.41, 5.74) is 15.4. The average Bonchev–Trinajstić information content (AvgIpc) is 2.47. The lowest BCUT2D eigenvalue weighted by atomic mass is 10.4. The zero-order chi connectivity index (χ0) is 17.2. The summed E-state index contributed by atoms with van der Waals surface area (Å²) in [5, 5.41) is 8.90. The molecule has 1 aromatic carbocycles. The first kappa shape index (κ1) is 18.2. The average molecular weight is 339 g/mol. The van der Waals surface area contributed by atoms with Crippen molar-refractivity contribution in [2.75, 3.05) is 23.8 Å². The maximum atomic E-state index is 11.4. The summed E-state index contributed by atoms with van der Waals surface area (Å²) in [4.78, 5) is 20.6. The van der Waals surface area contributed by atoms with Gasteiger partial charge in [-0.25, -0.2) is 0 Å². The molecule has 0 fully saturated rings. The monoisotopic (exact) mass is 339 g/mol. The number of nitrogens with two attached hydrogens (primary N) is 3. The van der Waals surface area contributed by atoms with Crippen LogP contribution in [0.3, 0.4) is 0 Å². The molecule has 0 aliphatic carbocycles. The van der Waals surface area contributed by atoms with E-state index < -0.39 is 14.0 Å². The molecule has 11 heteroatoms. The fourth-order valence-corrected chi connectivity index (χ4v) is 2.09. The second-order valence-corrected chi connectivity index (χ2v) is 5.27. The summed E-state index contributed by atoms with van der Waals surface area (Å²) in [5.74, 6) is -0.832. The number of nitrogens with zero attached hydrogens (tertiary/aromatic N) is 3. The molecule has 2 aromatic rings. The molecule has 0 saturated heterocycles. The van der Waals surface area contributed by atoms with Gasteiger partial charge in [-0.3, -0.25) is 4.79 Å². The van der Waals surface area contributed by atoms with Crippen LogP contribution in [0.4, 0.5) is 17.8 Å². The van der Waals surface area contributed by atoms with Crippen molar-refractivity contribution in [1.82, 2.24) is 15.0 Å². The number of carboxylic acid groups (broad SMARTS) is 1. The van der Waals surface area contributed by atoms with Crippen LogP contribution in [0, 0.1) is 0 Å². The van der Waals surface area contributed by atoms with Gasteiger partial charge in [0, 0.05) is 0 Å². The van der Waals surface area contributed by atoms with Crippen LogP contribution in [-0.4, -0.2) is 32.6 Å². The molecular formula is C12H16N6O4P+. The SMILES string of the molecule is Nc1nc(N)nc(N)n1.O=C(O)CCO[P+](=O)c1ccccc1. The fourth-order valence-electron chi connectivity index (χ4n) is 1.27. The van der Waals surface area contributed by atoms with Crippen molar-refractivity contribution in [3.63, 3.8) is 0 Å². The second-order valence-electron chi connectivity index (χ2n) is 3.98. The summed E-state index contributed by atoms with van der Waals surface area (Å²) >= 11 is 0. The lowest BCUT2D eigenvalue weighted by Crippen LogP contribution is -2.05. The van der Waals surface area contributed by atoms with Gasteiger partial charge in [0.05, 0.1) is 6.42 Å². The molecule has 1 atom stereocenters. The van der Waals surface area contributed by atoms with Crippen molar-refractivity contribution in [3.8, 4) is 0 Å². The van der Waals surface area contributed by atoms with Gasteiger partial charge >= 0.3 is 14.0 Å². The van der Waals surface area contributed by atoms with Crippen LogP contribution in [0.1, 0.15) is 6.42 Å². The zero-order valence-corrected chi connectivity index (χ0v) is 12.9. The third-order valence-corrected chi connectivity index (χ3v) is 3.32. The Balaban J connectivity index is 0.000000253. The summed E-state index contributed by atoms with van der Waals surface area (Å²) in [6.07, 6.45) is -0.131. The Bertz CT molecular complexity index is 619. The number of carboxylic acids is 1. The third-order valence-electron chi connectivity index (χ3n) is 2.18. The van der Waals surface area contributed by atoms with E-state index in [-0.39, 0.29) is 30.9 Å². The summed E-state index contributed by atoms with van der Waals surface area (Å²) in [6.45, 7) is -0.0283. The Morgan fingerprint density at radius 2 is 1.52 bits per heavy atom. The normalized spacial score (nSPS) is 10.3. The molecular weight excluding hydrogens is 323 g/mol. The van der Waals surface area contributed by atoms with Crippen LogP contribution in [0.25, 0.3) is 0 Å². The zero-order valence-electron chi connectivity index (χ0n) is 12.0. The highest BCUT2D eigenvalue weighted by molar-refractivity contribution is 7.48.